The number of aryl methyl sites for hydroxylation is 1. The van der Waals surface area contributed by atoms with E-state index in [2.05, 4.69) is 48.3 Å². The summed E-state index contributed by atoms with van der Waals surface area (Å²) >= 11 is 0. The van der Waals surface area contributed by atoms with Gasteiger partial charge in [-0.25, -0.2) is 9.97 Å². The van der Waals surface area contributed by atoms with Crippen molar-refractivity contribution in [3.05, 3.63) is 11.4 Å². The molecule has 0 saturated carbocycles. The van der Waals surface area contributed by atoms with Crippen LogP contribution in [0.3, 0.4) is 0 Å². The van der Waals surface area contributed by atoms with Gasteiger partial charge in [0.05, 0.1) is 0 Å². The second kappa shape index (κ2) is 8.77. The van der Waals surface area contributed by atoms with Crippen molar-refractivity contribution in [1.29, 1.82) is 0 Å². The summed E-state index contributed by atoms with van der Waals surface area (Å²) in [6.45, 7) is 8.70. The van der Waals surface area contributed by atoms with Crippen LogP contribution in [0.4, 0.5) is 11.6 Å². The summed E-state index contributed by atoms with van der Waals surface area (Å²) in [6, 6.07) is 0.453. The topological polar surface area (TPSA) is 49.8 Å². The standard InChI is InChI=1S/C16H30N4/c1-6-8-9-11-12(3)18-16-13(4)15(17-5)19-14(20-16)10-7-2/h12H,6-11H2,1-5H3,(H2,17,18,19,20). The third-order valence-electron chi connectivity index (χ3n) is 3.53. The van der Waals surface area contributed by atoms with E-state index in [4.69, 9.17) is 0 Å². The fraction of sp³-hybridized carbons (Fsp3) is 0.750. The minimum Gasteiger partial charge on any atom is -0.373 e. The van der Waals surface area contributed by atoms with Crippen LogP contribution < -0.4 is 10.6 Å². The summed E-state index contributed by atoms with van der Waals surface area (Å²) in [6.07, 6.45) is 7.03. The molecule has 0 spiro atoms. The Kier molecular flexibility index (Phi) is 7.34. The van der Waals surface area contributed by atoms with Gasteiger partial charge in [0.25, 0.3) is 0 Å². The van der Waals surface area contributed by atoms with Crippen molar-refractivity contribution < 1.29 is 0 Å². The van der Waals surface area contributed by atoms with E-state index in [1.807, 2.05) is 7.05 Å². The third kappa shape index (κ3) is 4.99. The smallest absolute Gasteiger partial charge is 0.134 e. The lowest BCUT2D eigenvalue weighted by Gasteiger charge is -2.18. The van der Waals surface area contributed by atoms with Gasteiger partial charge in [0.2, 0.25) is 0 Å². The minimum absolute atomic E-state index is 0.453. The van der Waals surface area contributed by atoms with Crippen LogP contribution in [0.15, 0.2) is 0 Å². The lowest BCUT2D eigenvalue weighted by molar-refractivity contribution is 0.613. The van der Waals surface area contributed by atoms with Crippen molar-refractivity contribution in [2.45, 2.75) is 72.3 Å². The zero-order valence-electron chi connectivity index (χ0n) is 13.7. The molecule has 1 unspecified atom stereocenters. The predicted octanol–water partition coefficient (Wildman–Crippen LogP) is 4.16. The zero-order chi connectivity index (χ0) is 15.0. The Labute approximate surface area is 123 Å². The van der Waals surface area contributed by atoms with Gasteiger partial charge in [0, 0.05) is 25.1 Å². The number of hydrogen-bond donors (Lipinski definition) is 2. The van der Waals surface area contributed by atoms with Crippen LogP contribution >= 0.6 is 0 Å². The Morgan fingerprint density at radius 3 is 2.35 bits per heavy atom. The van der Waals surface area contributed by atoms with Gasteiger partial charge in [0.15, 0.2) is 0 Å². The van der Waals surface area contributed by atoms with E-state index in [-0.39, 0.29) is 0 Å². The Balaban J connectivity index is 2.78. The van der Waals surface area contributed by atoms with Gasteiger partial charge in [-0.1, -0.05) is 33.1 Å². The maximum atomic E-state index is 4.68. The third-order valence-corrected chi connectivity index (χ3v) is 3.53. The lowest BCUT2D eigenvalue weighted by Crippen LogP contribution is -2.18. The number of hydrogen-bond acceptors (Lipinski definition) is 4. The van der Waals surface area contributed by atoms with Crippen LogP contribution in [0.2, 0.25) is 0 Å². The molecule has 0 bridgehead atoms. The number of rotatable bonds is 9. The van der Waals surface area contributed by atoms with E-state index in [1.54, 1.807) is 0 Å². The highest BCUT2D eigenvalue weighted by molar-refractivity contribution is 5.57. The highest BCUT2D eigenvalue weighted by atomic mass is 15.1. The quantitative estimate of drug-likeness (QED) is 0.666. The number of anilines is 2. The predicted molar refractivity (Wildman–Crippen MR) is 87.5 cm³/mol. The number of unbranched alkanes of at least 4 members (excludes halogenated alkanes) is 2. The zero-order valence-corrected chi connectivity index (χ0v) is 13.7. The molecule has 1 aromatic rings. The number of aromatic nitrogens is 2. The molecule has 2 N–H and O–H groups in total. The van der Waals surface area contributed by atoms with Gasteiger partial charge in [-0.3, -0.25) is 0 Å². The minimum atomic E-state index is 0.453. The summed E-state index contributed by atoms with van der Waals surface area (Å²) in [5.41, 5.74) is 1.11. The Bertz CT molecular complexity index is 404. The highest BCUT2D eigenvalue weighted by Crippen LogP contribution is 2.21. The Morgan fingerprint density at radius 2 is 1.75 bits per heavy atom. The molecule has 20 heavy (non-hydrogen) atoms. The van der Waals surface area contributed by atoms with Gasteiger partial charge in [0.1, 0.15) is 17.5 Å². The summed E-state index contributed by atoms with van der Waals surface area (Å²) < 4.78 is 0. The van der Waals surface area contributed by atoms with Crippen LogP contribution in [0, 0.1) is 6.92 Å². The Morgan fingerprint density at radius 1 is 1.05 bits per heavy atom. The van der Waals surface area contributed by atoms with Crippen molar-refractivity contribution in [1.82, 2.24) is 9.97 Å². The summed E-state index contributed by atoms with van der Waals surface area (Å²) in [7, 11) is 1.92. The van der Waals surface area contributed by atoms with Crippen molar-refractivity contribution in [3.8, 4) is 0 Å². The first-order chi connectivity index (χ1) is 9.62. The van der Waals surface area contributed by atoms with Crippen LogP contribution in [-0.2, 0) is 6.42 Å². The van der Waals surface area contributed by atoms with Crippen LogP contribution in [0.5, 0.6) is 0 Å². The molecule has 1 rings (SSSR count). The number of nitrogens with zero attached hydrogens (tertiary/aromatic N) is 2. The van der Waals surface area contributed by atoms with E-state index in [9.17, 15) is 0 Å². The SMILES string of the molecule is CCCCCC(C)Nc1nc(CCC)nc(NC)c1C. The molecule has 0 radical (unpaired) electrons. The fourth-order valence-electron chi connectivity index (χ4n) is 2.29. The summed E-state index contributed by atoms with van der Waals surface area (Å²) in [4.78, 5) is 9.24. The molecule has 1 heterocycles. The molecule has 1 aromatic heterocycles. The fourth-order valence-corrected chi connectivity index (χ4v) is 2.29. The molecular weight excluding hydrogens is 248 g/mol. The van der Waals surface area contributed by atoms with Crippen LogP contribution in [0.1, 0.15) is 64.3 Å². The monoisotopic (exact) mass is 278 g/mol. The van der Waals surface area contributed by atoms with Gasteiger partial charge in [-0.05, 0) is 26.7 Å². The molecule has 0 aliphatic carbocycles. The molecule has 0 fully saturated rings. The van der Waals surface area contributed by atoms with Gasteiger partial charge in [-0.15, -0.1) is 0 Å². The molecule has 0 saturated heterocycles. The highest BCUT2D eigenvalue weighted by Gasteiger charge is 2.11. The first-order valence-corrected chi connectivity index (χ1v) is 7.94. The normalized spacial score (nSPS) is 12.2. The van der Waals surface area contributed by atoms with E-state index < -0.39 is 0 Å². The Hall–Kier alpha value is -1.32. The van der Waals surface area contributed by atoms with Gasteiger partial charge < -0.3 is 10.6 Å². The average molecular weight is 278 g/mol. The largest absolute Gasteiger partial charge is 0.373 e. The first kappa shape index (κ1) is 16.7. The molecular formula is C16H30N4. The van der Waals surface area contributed by atoms with Crippen molar-refractivity contribution in [3.63, 3.8) is 0 Å². The maximum absolute atomic E-state index is 4.68. The average Bonchev–Trinajstić information content (AvgIpc) is 2.42. The molecule has 0 aromatic carbocycles. The molecule has 0 aliphatic heterocycles. The van der Waals surface area contributed by atoms with E-state index in [0.717, 1.165) is 35.9 Å². The molecule has 0 aliphatic rings. The maximum Gasteiger partial charge on any atom is 0.134 e. The van der Waals surface area contributed by atoms with Crippen LogP contribution in [-0.4, -0.2) is 23.1 Å². The van der Waals surface area contributed by atoms with E-state index in [0.29, 0.717) is 6.04 Å². The molecule has 4 heteroatoms. The van der Waals surface area contributed by atoms with Gasteiger partial charge in [-0.2, -0.15) is 0 Å². The van der Waals surface area contributed by atoms with E-state index in [1.165, 1.54) is 25.7 Å². The first-order valence-electron chi connectivity index (χ1n) is 7.94. The molecule has 1 atom stereocenters. The van der Waals surface area contributed by atoms with Crippen LogP contribution in [0.25, 0.3) is 0 Å². The number of nitrogens with one attached hydrogen (secondary N) is 2. The lowest BCUT2D eigenvalue weighted by atomic mass is 10.1. The van der Waals surface area contributed by atoms with Crippen molar-refractivity contribution >= 4 is 11.6 Å². The second-order valence-corrected chi connectivity index (χ2v) is 5.50. The summed E-state index contributed by atoms with van der Waals surface area (Å²) in [5, 5.41) is 6.72. The van der Waals surface area contributed by atoms with E-state index >= 15 is 0 Å². The molecule has 0 amide bonds. The van der Waals surface area contributed by atoms with Gasteiger partial charge >= 0.3 is 0 Å². The second-order valence-electron chi connectivity index (χ2n) is 5.50. The summed E-state index contributed by atoms with van der Waals surface area (Å²) in [5.74, 6) is 2.84. The van der Waals surface area contributed by atoms with Crippen molar-refractivity contribution in [2.75, 3.05) is 17.7 Å². The molecule has 4 nitrogen and oxygen atoms in total. The van der Waals surface area contributed by atoms with Crippen molar-refractivity contribution in [2.24, 2.45) is 0 Å². The molecule has 114 valence electrons.